The quantitative estimate of drug-likeness (QED) is 0.849. The van der Waals surface area contributed by atoms with Gasteiger partial charge in [-0.3, -0.25) is 14.6 Å². The second-order valence-electron chi connectivity index (χ2n) is 5.00. The fourth-order valence-corrected chi connectivity index (χ4v) is 1.97. The Morgan fingerprint density at radius 3 is 2.41 bits per heavy atom. The number of pyridine rings is 1. The summed E-state index contributed by atoms with van der Waals surface area (Å²) < 4.78 is 0. The van der Waals surface area contributed by atoms with E-state index in [1.807, 2.05) is 42.5 Å². The zero-order chi connectivity index (χ0) is 15.8. The van der Waals surface area contributed by atoms with Gasteiger partial charge in [0.2, 0.25) is 0 Å². The summed E-state index contributed by atoms with van der Waals surface area (Å²) >= 11 is 0. The van der Waals surface area contributed by atoms with E-state index in [0.29, 0.717) is 19.5 Å². The number of nitrogens with one attached hydrogen (secondary N) is 1. The molecule has 0 aliphatic heterocycles. The molecule has 0 unspecified atom stereocenters. The van der Waals surface area contributed by atoms with Gasteiger partial charge in [0, 0.05) is 32.5 Å². The largest absolute Gasteiger partial charge is 0.344 e. The molecule has 0 saturated carbocycles. The molecule has 0 radical (unpaired) electrons. The smallest absolute Gasteiger partial charge is 0.311 e. The molecule has 0 aliphatic rings. The van der Waals surface area contributed by atoms with E-state index in [1.54, 1.807) is 19.4 Å². The number of likely N-dealkylation sites (N-methyl/N-ethyl adjacent to an activating group) is 1. The molecule has 0 atom stereocenters. The minimum absolute atomic E-state index is 0.351. The van der Waals surface area contributed by atoms with Crippen molar-refractivity contribution in [1.29, 1.82) is 0 Å². The molecule has 114 valence electrons. The van der Waals surface area contributed by atoms with Crippen LogP contribution in [0.3, 0.4) is 0 Å². The minimum atomic E-state index is -0.582. The molecule has 1 aromatic carbocycles. The van der Waals surface area contributed by atoms with Crippen LogP contribution in [0.1, 0.15) is 11.1 Å². The van der Waals surface area contributed by atoms with Gasteiger partial charge in [-0.05, 0) is 29.7 Å². The lowest BCUT2D eigenvalue weighted by molar-refractivity contribution is -0.145. The summed E-state index contributed by atoms with van der Waals surface area (Å²) in [6.07, 6.45) is 4.12. The van der Waals surface area contributed by atoms with Crippen LogP contribution in [-0.2, 0) is 22.6 Å². The fraction of sp³-hybridized carbons (Fsp3) is 0.235. The van der Waals surface area contributed by atoms with Gasteiger partial charge in [0.15, 0.2) is 0 Å². The Kier molecular flexibility index (Phi) is 5.65. The van der Waals surface area contributed by atoms with E-state index in [-0.39, 0.29) is 0 Å². The van der Waals surface area contributed by atoms with Gasteiger partial charge < -0.3 is 10.2 Å². The average molecular weight is 297 g/mol. The van der Waals surface area contributed by atoms with Crippen LogP contribution in [0.2, 0.25) is 0 Å². The first-order chi connectivity index (χ1) is 10.7. The van der Waals surface area contributed by atoms with Crippen LogP contribution in [0.4, 0.5) is 0 Å². The number of amides is 2. The molecular formula is C17H19N3O2. The van der Waals surface area contributed by atoms with Crippen molar-refractivity contribution >= 4 is 11.8 Å². The predicted molar refractivity (Wildman–Crippen MR) is 83.9 cm³/mol. The van der Waals surface area contributed by atoms with E-state index in [1.165, 1.54) is 4.90 Å². The number of hydrogen-bond donors (Lipinski definition) is 1. The molecule has 2 aromatic rings. The highest BCUT2D eigenvalue weighted by Crippen LogP contribution is 2.00. The number of hydrogen-bond acceptors (Lipinski definition) is 3. The number of aromatic nitrogens is 1. The normalized spacial score (nSPS) is 10.0. The topological polar surface area (TPSA) is 62.3 Å². The molecule has 5 heteroatoms. The highest BCUT2D eigenvalue weighted by atomic mass is 16.2. The molecule has 5 nitrogen and oxygen atoms in total. The molecule has 0 spiro atoms. The minimum Gasteiger partial charge on any atom is -0.344 e. The fourth-order valence-electron chi connectivity index (χ4n) is 1.97. The SMILES string of the molecule is CN(CCc1ccncc1)C(=O)C(=O)NCc1ccccc1. The van der Waals surface area contributed by atoms with Gasteiger partial charge in [-0.25, -0.2) is 0 Å². The first-order valence-corrected chi connectivity index (χ1v) is 7.13. The Morgan fingerprint density at radius 1 is 1.05 bits per heavy atom. The second-order valence-corrected chi connectivity index (χ2v) is 5.00. The Morgan fingerprint density at radius 2 is 1.73 bits per heavy atom. The maximum absolute atomic E-state index is 12.0. The molecule has 1 heterocycles. The third-order valence-electron chi connectivity index (χ3n) is 3.32. The molecule has 0 aliphatic carbocycles. The lowest BCUT2D eigenvalue weighted by Crippen LogP contribution is -2.41. The van der Waals surface area contributed by atoms with Gasteiger partial charge >= 0.3 is 11.8 Å². The summed E-state index contributed by atoms with van der Waals surface area (Å²) in [5, 5.41) is 2.64. The number of carbonyl (C=O) groups is 2. The molecule has 0 saturated heterocycles. The number of nitrogens with zero attached hydrogens (tertiary/aromatic N) is 2. The summed E-state index contributed by atoms with van der Waals surface area (Å²) in [5.41, 5.74) is 2.04. The summed E-state index contributed by atoms with van der Waals surface area (Å²) in [4.78, 5) is 29.2. The number of benzene rings is 1. The Balaban J connectivity index is 1.78. The van der Waals surface area contributed by atoms with Gasteiger partial charge in [0.1, 0.15) is 0 Å². The van der Waals surface area contributed by atoms with Crippen LogP contribution in [0.25, 0.3) is 0 Å². The van der Waals surface area contributed by atoms with Crippen molar-refractivity contribution in [3.05, 3.63) is 66.0 Å². The zero-order valence-electron chi connectivity index (χ0n) is 12.5. The van der Waals surface area contributed by atoms with Crippen molar-refractivity contribution in [3.8, 4) is 0 Å². The van der Waals surface area contributed by atoms with Crippen LogP contribution in [-0.4, -0.2) is 35.3 Å². The molecular weight excluding hydrogens is 278 g/mol. The molecule has 1 aromatic heterocycles. The van der Waals surface area contributed by atoms with E-state index >= 15 is 0 Å². The van der Waals surface area contributed by atoms with Crippen LogP contribution in [0, 0.1) is 0 Å². The maximum atomic E-state index is 12.0. The number of carbonyl (C=O) groups excluding carboxylic acids is 2. The lowest BCUT2D eigenvalue weighted by atomic mass is 10.2. The van der Waals surface area contributed by atoms with Crippen LogP contribution < -0.4 is 5.32 Å². The first-order valence-electron chi connectivity index (χ1n) is 7.13. The van der Waals surface area contributed by atoms with Gasteiger partial charge in [0.05, 0.1) is 0 Å². The van der Waals surface area contributed by atoms with Crippen molar-refractivity contribution in [2.45, 2.75) is 13.0 Å². The monoisotopic (exact) mass is 297 g/mol. The van der Waals surface area contributed by atoms with E-state index in [9.17, 15) is 9.59 Å². The summed E-state index contributed by atoms with van der Waals surface area (Å²) in [6, 6.07) is 13.3. The third-order valence-corrected chi connectivity index (χ3v) is 3.32. The van der Waals surface area contributed by atoms with Gasteiger partial charge in [-0.2, -0.15) is 0 Å². The standard InChI is InChI=1S/C17H19N3O2/c1-20(12-9-14-7-10-18-11-8-14)17(22)16(21)19-13-15-5-3-2-4-6-15/h2-8,10-11H,9,12-13H2,1H3,(H,19,21). The second kappa shape index (κ2) is 7.93. The Labute approximate surface area is 130 Å². The van der Waals surface area contributed by atoms with E-state index in [4.69, 9.17) is 0 Å². The van der Waals surface area contributed by atoms with Crippen molar-refractivity contribution in [1.82, 2.24) is 15.2 Å². The zero-order valence-corrected chi connectivity index (χ0v) is 12.5. The number of rotatable bonds is 5. The molecule has 2 amide bonds. The molecule has 1 N–H and O–H groups in total. The average Bonchev–Trinajstić information content (AvgIpc) is 2.58. The van der Waals surface area contributed by atoms with Crippen molar-refractivity contribution < 1.29 is 9.59 Å². The third kappa shape index (κ3) is 4.70. The predicted octanol–water partition coefficient (Wildman–Crippen LogP) is 1.40. The van der Waals surface area contributed by atoms with Gasteiger partial charge in [-0.15, -0.1) is 0 Å². The highest BCUT2D eigenvalue weighted by Gasteiger charge is 2.17. The van der Waals surface area contributed by atoms with Crippen molar-refractivity contribution in [2.24, 2.45) is 0 Å². The summed E-state index contributed by atoms with van der Waals surface area (Å²) in [6.45, 7) is 0.839. The van der Waals surface area contributed by atoms with E-state index < -0.39 is 11.8 Å². The molecule has 0 fully saturated rings. The summed E-state index contributed by atoms with van der Waals surface area (Å²) in [5.74, 6) is -1.11. The molecule has 2 rings (SSSR count). The summed E-state index contributed by atoms with van der Waals surface area (Å²) in [7, 11) is 1.63. The van der Waals surface area contributed by atoms with Crippen LogP contribution in [0.5, 0.6) is 0 Å². The Hall–Kier alpha value is -2.69. The van der Waals surface area contributed by atoms with Crippen LogP contribution >= 0.6 is 0 Å². The first kappa shape index (κ1) is 15.7. The van der Waals surface area contributed by atoms with Gasteiger partial charge in [0.25, 0.3) is 0 Å². The molecule has 0 bridgehead atoms. The van der Waals surface area contributed by atoms with Crippen molar-refractivity contribution in [2.75, 3.05) is 13.6 Å². The Bertz CT molecular complexity index is 614. The molecule has 22 heavy (non-hydrogen) atoms. The maximum Gasteiger partial charge on any atom is 0.311 e. The van der Waals surface area contributed by atoms with Gasteiger partial charge in [-0.1, -0.05) is 30.3 Å². The van der Waals surface area contributed by atoms with Crippen molar-refractivity contribution in [3.63, 3.8) is 0 Å². The van der Waals surface area contributed by atoms with Crippen LogP contribution in [0.15, 0.2) is 54.9 Å². The van der Waals surface area contributed by atoms with E-state index in [2.05, 4.69) is 10.3 Å². The lowest BCUT2D eigenvalue weighted by Gasteiger charge is -2.16. The highest BCUT2D eigenvalue weighted by molar-refractivity contribution is 6.34. The van der Waals surface area contributed by atoms with E-state index in [0.717, 1.165) is 11.1 Å².